The Kier molecular flexibility index (Phi) is 3.92. The third-order valence-electron chi connectivity index (χ3n) is 3.92. The van der Waals surface area contributed by atoms with Gasteiger partial charge in [-0.2, -0.15) is 0 Å². The zero-order valence-electron chi connectivity index (χ0n) is 12.2. The van der Waals surface area contributed by atoms with Gasteiger partial charge in [0.25, 0.3) is 0 Å². The summed E-state index contributed by atoms with van der Waals surface area (Å²) in [5, 5.41) is 14.6. The van der Waals surface area contributed by atoms with Crippen LogP contribution in [0.1, 0.15) is 48.3 Å². The number of nitrogens with zero attached hydrogens (tertiary/aromatic N) is 3. The van der Waals surface area contributed by atoms with Gasteiger partial charge in [-0.1, -0.05) is 17.8 Å². The number of thiophene rings is 1. The fraction of sp³-hybridized carbons (Fsp3) is 0.533. The molecule has 0 unspecified atom stereocenters. The molecule has 1 N–H and O–H groups in total. The van der Waals surface area contributed by atoms with Crippen LogP contribution in [-0.4, -0.2) is 26.4 Å². The molecule has 2 aromatic heterocycles. The maximum absolute atomic E-state index is 12.0. The highest BCUT2D eigenvalue weighted by Gasteiger charge is 2.36. The molecule has 116 valence electrons. The van der Waals surface area contributed by atoms with Gasteiger partial charge in [-0.05, 0) is 37.1 Å². The van der Waals surface area contributed by atoms with Gasteiger partial charge in [0.1, 0.15) is 5.82 Å². The Bertz CT molecular complexity index is 659. The summed E-state index contributed by atoms with van der Waals surface area (Å²) in [5.74, 6) is 2.21. The molecule has 0 radical (unpaired) electrons. The van der Waals surface area contributed by atoms with Crippen molar-refractivity contribution in [2.24, 2.45) is 0 Å². The quantitative estimate of drug-likeness (QED) is 0.791. The predicted octanol–water partition coefficient (Wildman–Crippen LogP) is 2.96. The zero-order chi connectivity index (χ0) is 14.9. The number of carbonyl (C=O) groups is 1. The second-order valence-electron chi connectivity index (χ2n) is 5.86. The molecule has 0 atom stereocenters. The van der Waals surface area contributed by atoms with E-state index in [9.17, 15) is 4.79 Å². The number of rotatable bonds is 7. The molecule has 2 aliphatic carbocycles. The van der Waals surface area contributed by atoms with E-state index in [0.29, 0.717) is 24.3 Å². The fourth-order valence-corrected chi connectivity index (χ4v) is 3.95. The first-order valence-electron chi connectivity index (χ1n) is 7.68. The fourth-order valence-electron chi connectivity index (χ4n) is 2.46. The van der Waals surface area contributed by atoms with Crippen molar-refractivity contribution >= 4 is 29.0 Å². The molecular weight excluding hydrogens is 316 g/mol. The molecule has 2 saturated carbocycles. The molecule has 2 fully saturated rings. The molecule has 4 rings (SSSR count). The molecule has 2 aromatic rings. The Labute approximate surface area is 137 Å². The third-order valence-corrected chi connectivity index (χ3v) is 5.74. The van der Waals surface area contributed by atoms with Gasteiger partial charge in [0.2, 0.25) is 5.91 Å². The summed E-state index contributed by atoms with van der Waals surface area (Å²) in [6.07, 6.45) is 4.90. The first-order chi connectivity index (χ1) is 10.8. The molecule has 0 spiro atoms. The number of carbonyl (C=O) groups excluding carboxylic acids is 1. The highest BCUT2D eigenvalue weighted by molar-refractivity contribution is 7.99. The van der Waals surface area contributed by atoms with E-state index in [-0.39, 0.29) is 5.91 Å². The van der Waals surface area contributed by atoms with E-state index in [0.717, 1.165) is 11.0 Å². The average molecular weight is 334 g/mol. The van der Waals surface area contributed by atoms with Gasteiger partial charge in [0.15, 0.2) is 5.16 Å². The molecule has 0 aromatic carbocycles. The maximum Gasteiger partial charge on any atom is 0.230 e. The van der Waals surface area contributed by atoms with Gasteiger partial charge >= 0.3 is 0 Å². The van der Waals surface area contributed by atoms with Crippen molar-refractivity contribution in [2.45, 2.75) is 49.3 Å². The lowest BCUT2D eigenvalue weighted by molar-refractivity contribution is -0.118. The number of thioether (sulfide) groups is 1. The summed E-state index contributed by atoms with van der Waals surface area (Å²) < 4.78 is 2.29. The van der Waals surface area contributed by atoms with E-state index in [4.69, 9.17) is 0 Å². The molecule has 1 amide bonds. The summed E-state index contributed by atoms with van der Waals surface area (Å²) in [6.45, 7) is 0.611. The van der Waals surface area contributed by atoms with Crippen molar-refractivity contribution in [1.29, 1.82) is 0 Å². The van der Waals surface area contributed by atoms with E-state index in [1.54, 1.807) is 11.3 Å². The second-order valence-corrected chi connectivity index (χ2v) is 7.84. The first kappa shape index (κ1) is 14.3. The highest BCUT2D eigenvalue weighted by Crippen LogP contribution is 2.45. The lowest BCUT2D eigenvalue weighted by atomic mass is 10.4. The summed E-state index contributed by atoms with van der Waals surface area (Å²) in [4.78, 5) is 13.2. The van der Waals surface area contributed by atoms with Gasteiger partial charge in [0, 0.05) is 16.8 Å². The molecule has 22 heavy (non-hydrogen) atoms. The van der Waals surface area contributed by atoms with Crippen molar-refractivity contribution in [1.82, 2.24) is 20.1 Å². The SMILES string of the molecule is O=C(CSc1nnc(C2CC2)n1C1CC1)NCc1cccs1. The van der Waals surface area contributed by atoms with Gasteiger partial charge in [0.05, 0.1) is 12.3 Å². The second kappa shape index (κ2) is 6.04. The van der Waals surface area contributed by atoms with Crippen LogP contribution in [0.5, 0.6) is 0 Å². The zero-order valence-corrected chi connectivity index (χ0v) is 13.8. The molecule has 0 bridgehead atoms. The van der Waals surface area contributed by atoms with Crippen LogP contribution in [0.15, 0.2) is 22.7 Å². The standard InChI is InChI=1S/C15H18N4OS2/c20-13(16-8-12-2-1-7-21-12)9-22-15-18-17-14(10-3-4-10)19(15)11-5-6-11/h1-2,7,10-11H,3-6,8-9H2,(H,16,20). The van der Waals surface area contributed by atoms with Crippen molar-refractivity contribution in [3.63, 3.8) is 0 Å². The Morgan fingerprint density at radius 1 is 1.36 bits per heavy atom. The molecule has 0 aliphatic heterocycles. The maximum atomic E-state index is 12.0. The van der Waals surface area contributed by atoms with Gasteiger partial charge in [-0.25, -0.2) is 0 Å². The van der Waals surface area contributed by atoms with E-state index in [2.05, 4.69) is 20.1 Å². The Balaban J connectivity index is 1.34. The van der Waals surface area contributed by atoms with E-state index in [1.165, 1.54) is 42.3 Å². The van der Waals surface area contributed by atoms with Crippen LogP contribution >= 0.6 is 23.1 Å². The van der Waals surface area contributed by atoms with E-state index < -0.39 is 0 Å². The van der Waals surface area contributed by atoms with Crippen LogP contribution in [0.25, 0.3) is 0 Å². The Morgan fingerprint density at radius 2 is 2.23 bits per heavy atom. The highest BCUT2D eigenvalue weighted by atomic mass is 32.2. The lowest BCUT2D eigenvalue weighted by Gasteiger charge is -2.08. The first-order valence-corrected chi connectivity index (χ1v) is 9.54. The molecule has 2 heterocycles. The Hall–Kier alpha value is -1.34. The Morgan fingerprint density at radius 3 is 2.91 bits per heavy atom. The van der Waals surface area contributed by atoms with Crippen molar-refractivity contribution in [3.8, 4) is 0 Å². The van der Waals surface area contributed by atoms with Gasteiger partial charge in [-0.15, -0.1) is 21.5 Å². The topological polar surface area (TPSA) is 59.8 Å². The predicted molar refractivity (Wildman–Crippen MR) is 87.2 cm³/mol. The molecular formula is C15H18N4OS2. The number of hydrogen-bond acceptors (Lipinski definition) is 5. The summed E-state index contributed by atoms with van der Waals surface area (Å²) in [5.41, 5.74) is 0. The molecule has 0 saturated heterocycles. The van der Waals surface area contributed by atoms with Crippen LogP contribution in [0.4, 0.5) is 0 Å². The van der Waals surface area contributed by atoms with Crippen molar-refractivity contribution in [2.75, 3.05) is 5.75 Å². The largest absolute Gasteiger partial charge is 0.350 e. The van der Waals surface area contributed by atoms with Crippen LogP contribution < -0.4 is 5.32 Å². The summed E-state index contributed by atoms with van der Waals surface area (Å²) in [7, 11) is 0. The monoisotopic (exact) mass is 334 g/mol. The minimum atomic E-state index is 0.0525. The van der Waals surface area contributed by atoms with Crippen LogP contribution in [-0.2, 0) is 11.3 Å². The number of amides is 1. The third kappa shape index (κ3) is 3.20. The van der Waals surface area contributed by atoms with Gasteiger partial charge in [-0.3, -0.25) is 4.79 Å². The smallest absolute Gasteiger partial charge is 0.230 e. The molecule has 5 nitrogen and oxygen atoms in total. The van der Waals surface area contributed by atoms with Crippen LogP contribution in [0.2, 0.25) is 0 Å². The number of nitrogens with one attached hydrogen (secondary N) is 1. The summed E-state index contributed by atoms with van der Waals surface area (Å²) >= 11 is 3.17. The van der Waals surface area contributed by atoms with Crippen molar-refractivity contribution < 1.29 is 4.79 Å². The molecule has 7 heteroatoms. The lowest BCUT2D eigenvalue weighted by Crippen LogP contribution is -2.24. The van der Waals surface area contributed by atoms with Crippen molar-refractivity contribution in [3.05, 3.63) is 28.2 Å². The molecule has 2 aliphatic rings. The van der Waals surface area contributed by atoms with Crippen LogP contribution in [0.3, 0.4) is 0 Å². The van der Waals surface area contributed by atoms with Gasteiger partial charge < -0.3 is 9.88 Å². The average Bonchev–Trinajstić information content (AvgIpc) is 3.45. The normalized spacial score (nSPS) is 17.6. The number of aromatic nitrogens is 3. The van der Waals surface area contributed by atoms with E-state index >= 15 is 0 Å². The van der Waals surface area contributed by atoms with E-state index in [1.807, 2.05) is 17.5 Å². The minimum Gasteiger partial charge on any atom is -0.350 e. The minimum absolute atomic E-state index is 0.0525. The summed E-state index contributed by atoms with van der Waals surface area (Å²) in [6, 6.07) is 4.60. The number of hydrogen-bond donors (Lipinski definition) is 1. The van der Waals surface area contributed by atoms with Crippen LogP contribution in [0, 0.1) is 0 Å².